The average Bonchev–Trinajstić information content (AvgIpc) is 3.25. The van der Waals surface area contributed by atoms with Crippen LogP contribution >= 0.6 is 0 Å². The summed E-state index contributed by atoms with van der Waals surface area (Å²) in [6, 6.07) is 14.0. The highest BCUT2D eigenvalue weighted by molar-refractivity contribution is 5.83. The summed E-state index contributed by atoms with van der Waals surface area (Å²) in [6.45, 7) is 3.68. The van der Waals surface area contributed by atoms with E-state index in [4.69, 9.17) is 9.47 Å². The topological polar surface area (TPSA) is 78.0 Å². The van der Waals surface area contributed by atoms with Gasteiger partial charge >= 0.3 is 0 Å². The van der Waals surface area contributed by atoms with Crippen molar-refractivity contribution in [2.24, 2.45) is 5.92 Å². The van der Waals surface area contributed by atoms with Gasteiger partial charge in [-0.05, 0) is 56.1 Å². The SMILES string of the molecule is COc1cc(CN(C)[C@H]2CCN(CCc3c[nH]c4ccccc34)C(=O)[C@H]2C(C)O)cc(OC)c1. The van der Waals surface area contributed by atoms with Crippen molar-refractivity contribution in [2.45, 2.75) is 38.5 Å². The lowest BCUT2D eigenvalue weighted by molar-refractivity contribution is -0.147. The molecule has 1 aliphatic heterocycles. The highest BCUT2D eigenvalue weighted by Crippen LogP contribution is 2.29. The monoisotopic (exact) mass is 465 g/mol. The number of fused-ring (bicyclic) bond motifs is 1. The number of rotatable bonds is 9. The average molecular weight is 466 g/mol. The Kier molecular flexibility index (Phi) is 7.44. The Balaban J connectivity index is 1.44. The summed E-state index contributed by atoms with van der Waals surface area (Å²) < 4.78 is 10.8. The number of nitrogens with zero attached hydrogens (tertiary/aromatic N) is 2. The van der Waals surface area contributed by atoms with Crippen molar-refractivity contribution in [2.75, 3.05) is 34.4 Å². The number of aromatic amines is 1. The molecule has 0 saturated carbocycles. The molecule has 2 N–H and O–H groups in total. The van der Waals surface area contributed by atoms with Crippen molar-refractivity contribution in [1.82, 2.24) is 14.8 Å². The normalized spacial score (nSPS) is 19.6. The summed E-state index contributed by atoms with van der Waals surface area (Å²) in [7, 11) is 5.29. The maximum atomic E-state index is 13.4. The smallest absolute Gasteiger partial charge is 0.229 e. The van der Waals surface area contributed by atoms with Crippen LogP contribution in [-0.2, 0) is 17.8 Å². The zero-order valence-corrected chi connectivity index (χ0v) is 20.5. The molecule has 0 spiro atoms. The number of carbonyl (C=O) groups is 1. The highest BCUT2D eigenvalue weighted by atomic mass is 16.5. The van der Waals surface area contributed by atoms with Gasteiger partial charge in [-0.2, -0.15) is 0 Å². The van der Waals surface area contributed by atoms with Crippen LogP contribution in [0.5, 0.6) is 11.5 Å². The standard InChI is InChI=1S/C27H35N3O4/c1-18(31)26-25(29(2)17-19-13-21(33-3)15-22(14-19)34-4)10-12-30(27(26)32)11-9-20-16-28-24-8-6-5-7-23(20)24/h5-8,13-16,18,25-26,28,31H,9-12,17H2,1-4H3/t18?,25-,26-/m0/s1. The largest absolute Gasteiger partial charge is 0.497 e. The Morgan fingerprint density at radius 2 is 1.88 bits per heavy atom. The zero-order chi connectivity index (χ0) is 24.2. The van der Waals surface area contributed by atoms with Gasteiger partial charge < -0.3 is 24.5 Å². The van der Waals surface area contributed by atoms with Gasteiger partial charge in [-0.3, -0.25) is 9.69 Å². The Labute approximate surface area is 201 Å². The van der Waals surface area contributed by atoms with Crippen LogP contribution in [0.4, 0.5) is 0 Å². The molecule has 1 fully saturated rings. The van der Waals surface area contributed by atoms with E-state index in [2.05, 4.69) is 22.0 Å². The van der Waals surface area contributed by atoms with Crippen LogP contribution in [0.2, 0.25) is 0 Å². The van der Waals surface area contributed by atoms with Gasteiger partial charge in [0.25, 0.3) is 0 Å². The zero-order valence-electron chi connectivity index (χ0n) is 20.5. The van der Waals surface area contributed by atoms with Gasteiger partial charge in [0.15, 0.2) is 0 Å². The molecular weight excluding hydrogens is 430 g/mol. The van der Waals surface area contributed by atoms with E-state index < -0.39 is 12.0 Å². The number of likely N-dealkylation sites (tertiary alicyclic amines) is 1. The molecule has 34 heavy (non-hydrogen) atoms. The Bertz CT molecular complexity index is 1100. The number of carbonyl (C=O) groups excluding carboxylic acids is 1. The van der Waals surface area contributed by atoms with Crippen LogP contribution in [0.1, 0.15) is 24.5 Å². The Hall–Kier alpha value is -3.03. The summed E-state index contributed by atoms with van der Waals surface area (Å²) in [4.78, 5) is 20.8. The molecule has 3 aromatic rings. The molecule has 1 unspecified atom stereocenters. The molecule has 1 amide bonds. The number of aromatic nitrogens is 1. The van der Waals surface area contributed by atoms with Crippen LogP contribution in [0, 0.1) is 5.92 Å². The van der Waals surface area contributed by atoms with Gasteiger partial charge in [0.2, 0.25) is 5.91 Å². The molecule has 2 aromatic carbocycles. The molecule has 2 heterocycles. The molecule has 1 saturated heterocycles. The second-order valence-electron chi connectivity index (χ2n) is 9.19. The van der Waals surface area contributed by atoms with Gasteiger partial charge in [-0.15, -0.1) is 0 Å². The van der Waals surface area contributed by atoms with Crippen molar-refractivity contribution in [3.63, 3.8) is 0 Å². The van der Waals surface area contributed by atoms with Crippen molar-refractivity contribution < 1.29 is 19.4 Å². The number of ether oxygens (including phenoxy) is 2. The molecule has 7 heteroatoms. The minimum absolute atomic E-state index is 0.0289. The van der Waals surface area contributed by atoms with Gasteiger partial charge in [0, 0.05) is 48.8 Å². The van der Waals surface area contributed by atoms with E-state index in [1.165, 1.54) is 10.9 Å². The third-order valence-corrected chi connectivity index (χ3v) is 6.96. The maximum Gasteiger partial charge on any atom is 0.229 e. The molecule has 0 aliphatic carbocycles. The quantitative estimate of drug-likeness (QED) is 0.506. The second kappa shape index (κ2) is 10.5. The number of H-pyrrole nitrogens is 1. The summed E-state index contributed by atoms with van der Waals surface area (Å²) in [5.41, 5.74) is 3.36. The second-order valence-corrected chi connectivity index (χ2v) is 9.19. The van der Waals surface area contributed by atoms with Crippen molar-refractivity contribution in [3.05, 3.63) is 59.8 Å². The maximum absolute atomic E-state index is 13.4. The molecule has 7 nitrogen and oxygen atoms in total. The fourth-order valence-corrected chi connectivity index (χ4v) is 5.15. The lowest BCUT2D eigenvalue weighted by Gasteiger charge is -2.43. The number of hydrogen-bond donors (Lipinski definition) is 2. The highest BCUT2D eigenvalue weighted by Gasteiger charge is 2.41. The van der Waals surface area contributed by atoms with Gasteiger partial charge in [0.05, 0.1) is 26.2 Å². The van der Waals surface area contributed by atoms with E-state index in [0.29, 0.717) is 19.6 Å². The molecule has 1 aliphatic rings. The van der Waals surface area contributed by atoms with Crippen molar-refractivity contribution in [1.29, 1.82) is 0 Å². The van der Waals surface area contributed by atoms with Crippen molar-refractivity contribution in [3.8, 4) is 11.5 Å². The van der Waals surface area contributed by atoms with Crippen LogP contribution in [0.3, 0.4) is 0 Å². The van der Waals surface area contributed by atoms with Gasteiger partial charge in [0.1, 0.15) is 11.5 Å². The predicted molar refractivity (Wildman–Crippen MR) is 133 cm³/mol. The number of amides is 1. The molecule has 4 rings (SSSR count). The van der Waals surface area contributed by atoms with Gasteiger partial charge in [-0.1, -0.05) is 18.2 Å². The third-order valence-electron chi connectivity index (χ3n) is 6.96. The van der Waals surface area contributed by atoms with Crippen molar-refractivity contribution >= 4 is 16.8 Å². The van der Waals surface area contributed by atoms with Crippen LogP contribution in [0.15, 0.2) is 48.7 Å². The molecule has 3 atom stereocenters. The first-order valence-electron chi connectivity index (χ1n) is 11.8. The van der Waals surface area contributed by atoms with E-state index in [1.807, 2.05) is 48.5 Å². The van der Waals surface area contributed by atoms with Crippen LogP contribution < -0.4 is 9.47 Å². The lowest BCUT2D eigenvalue weighted by Crippen LogP contribution is -2.56. The minimum Gasteiger partial charge on any atom is -0.497 e. The minimum atomic E-state index is -0.726. The summed E-state index contributed by atoms with van der Waals surface area (Å²) in [6.07, 6.45) is 2.90. The number of piperidine rings is 1. The van der Waals surface area contributed by atoms with E-state index >= 15 is 0 Å². The van der Waals surface area contributed by atoms with Crippen LogP contribution in [-0.4, -0.2) is 72.3 Å². The molecule has 0 radical (unpaired) electrons. The predicted octanol–water partition coefficient (Wildman–Crippen LogP) is 3.46. The van der Waals surface area contributed by atoms with Crippen LogP contribution in [0.25, 0.3) is 10.9 Å². The molecule has 0 bridgehead atoms. The number of para-hydroxylation sites is 1. The third kappa shape index (κ3) is 5.05. The molecule has 1 aromatic heterocycles. The fraction of sp³-hybridized carbons (Fsp3) is 0.444. The molecule has 182 valence electrons. The number of benzene rings is 2. The fourth-order valence-electron chi connectivity index (χ4n) is 5.15. The summed E-state index contributed by atoms with van der Waals surface area (Å²) >= 11 is 0. The lowest BCUT2D eigenvalue weighted by atomic mass is 9.85. The Morgan fingerprint density at radius 3 is 2.56 bits per heavy atom. The van der Waals surface area contributed by atoms with E-state index in [0.717, 1.165) is 35.4 Å². The first kappa shape index (κ1) is 24.1. The van der Waals surface area contributed by atoms with E-state index in [1.54, 1.807) is 21.1 Å². The molecular formula is C27H35N3O4. The number of aliphatic hydroxyl groups excluding tert-OH is 1. The Morgan fingerprint density at radius 1 is 1.18 bits per heavy atom. The van der Waals surface area contributed by atoms with Gasteiger partial charge in [-0.25, -0.2) is 0 Å². The van der Waals surface area contributed by atoms with E-state index in [9.17, 15) is 9.90 Å². The number of aliphatic hydroxyl groups is 1. The summed E-state index contributed by atoms with van der Waals surface area (Å²) in [5.74, 6) is 1.03. The number of nitrogens with one attached hydrogen (secondary N) is 1. The number of methoxy groups -OCH3 is 2. The van der Waals surface area contributed by atoms with E-state index in [-0.39, 0.29) is 11.9 Å². The first-order chi connectivity index (χ1) is 16.4. The number of hydrogen-bond acceptors (Lipinski definition) is 5. The first-order valence-corrected chi connectivity index (χ1v) is 11.8. The summed E-state index contributed by atoms with van der Waals surface area (Å²) in [5, 5.41) is 11.8.